The highest BCUT2D eigenvalue weighted by Crippen LogP contribution is 2.50. The van der Waals surface area contributed by atoms with Crippen molar-refractivity contribution in [2.24, 2.45) is 0 Å². The Kier molecular flexibility index (Phi) is 10.6. The molecule has 12 nitrogen and oxygen atoms in total. The van der Waals surface area contributed by atoms with E-state index >= 15 is 0 Å². The van der Waals surface area contributed by atoms with E-state index in [0.29, 0.717) is 0 Å². The minimum atomic E-state index is -0.803. The first-order valence-electron chi connectivity index (χ1n) is 15.3. The van der Waals surface area contributed by atoms with Crippen LogP contribution in [0.25, 0.3) is 11.1 Å². The van der Waals surface area contributed by atoms with Gasteiger partial charge in [0.1, 0.15) is 11.5 Å². The Balaban J connectivity index is 1.26. The first kappa shape index (κ1) is 35.5. The van der Waals surface area contributed by atoms with Gasteiger partial charge in [-0.15, -0.1) is 0 Å². The molecule has 0 aliphatic heterocycles. The monoisotopic (exact) mass is 690 g/mol. The molecular formula is C39H30O12. The number of esters is 6. The first-order valence-corrected chi connectivity index (χ1v) is 15.3. The van der Waals surface area contributed by atoms with Gasteiger partial charge in [0.25, 0.3) is 0 Å². The van der Waals surface area contributed by atoms with Gasteiger partial charge in [0.15, 0.2) is 0 Å². The van der Waals surface area contributed by atoms with E-state index in [0.717, 1.165) is 34.4 Å². The van der Waals surface area contributed by atoms with Crippen LogP contribution in [0.15, 0.2) is 110 Å². The summed E-state index contributed by atoms with van der Waals surface area (Å²) in [6.07, 6.45) is 1.86. The summed E-state index contributed by atoms with van der Waals surface area (Å²) in [6.45, 7) is 9.26. The van der Waals surface area contributed by atoms with Crippen molar-refractivity contribution in [3.8, 4) is 22.6 Å². The fraction of sp³-hybridized carbons (Fsp3) is 0.128. The maximum absolute atomic E-state index is 13.1. The van der Waals surface area contributed by atoms with Gasteiger partial charge < -0.3 is 28.4 Å². The van der Waals surface area contributed by atoms with Crippen molar-refractivity contribution in [3.63, 3.8) is 0 Å². The third-order valence-corrected chi connectivity index (χ3v) is 7.82. The van der Waals surface area contributed by atoms with Crippen LogP contribution in [-0.2, 0) is 34.0 Å². The molecule has 1 aliphatic rings. The number of hydrogen-bond donors (Lipinski definition) is 0. The zero-order valence-corrected chi connectivity index (χ0v) is 27.5. The average molecular weight is 691 g/mol. The number of carbonyl (C=O) groups excluding carboxylic acids is 6. The van der Waals surface area contributed by atoms with E-state index in [1.54, 1.807) is 24.3 Å². The van der Waals surface area contributed by atoms with Gasteiger partial charge in [-0.05, 0) is 82.9 Å². The van der Waals surface area contributed by atoms with Gasteiger partial charge in [0.05, 0.1) is 22.3 Å². The molecule has 4 aromatic carbocycles. The Hall–Kier alpha value is -6.82. The van der Waals surface area contributed by atoms with Crippen molar-refractivity contribution >= 4 is 35.8 Å². The van der Waals surface area contributed by atoms with Crippen LogP contribution >= 0.6 is 0 Å². The topological polar surface area (TPSA) is 158 Å². The third kappa shape index (κ3) is 8.08. The molecule has 0 N–H and O–H groups in total. The quantitative estimate of drug-likeness (QED) is 0.0727. The summed E-state index contributed by atoms with van der Waals surface area (Å²) in [5.41, 5.74) is 3.24. The third-order valence-electron chi connectivity index (χ3n) is 7.82. The zero-order valence-electron chi connectivity index (χ0n) is 27.5. The molecule has 0 radical (unpaired) electrons. The SMILES string of the molecule is C=CC(=O)OCOC(=O)c1cccc(C(=O)Oc2ccc3c(c2)C(C)(C)c2cc(OC(=O)c4cccc(C(=O)OCOC(=O)C=C)c4)ccc2-3)c1. The van der Waals surface area contributed by atoms with E-state index < -0.39 is 54.8 Å². The van der Waals surface area contributed by atoms with Gasteiger partial charge in [0, 0.05) is 17.6 Å². The molecule has 4 aromatic rings. The highest BCUT2D eigenvalue weighted by Gasteiger charge is 2.36. The molecule has 0 fully saturated rings. The molecule has 5 rings (SSSR count). The van der Waals surface area contributed by atoms with Gasteiger partial charge in [-0.3, -0.25) is 0 Å². The molecule has 0 saturated heterocycles. The summed E-state index contributed by atoms with van der Waals surface area (Å²) in [5.74, 6) is -3.99. The van der Waals surface area contributed by atoms with Gasteiger partial charge in [-0.1, -0.05) is 51.3 Å². The Bertz CT molecular complexity index is 1940. The maximum Gasteiger partial charge on any atom is 0.343 e. The number of hydrogen-bond acceptors (Lipinski definition) is 12. The van der Waals surface area contributed by atoms with Crippen LogP contribution < -0.4 is 9.47 Å². The summed E-state index contributed by atoms with van der Waals surface area (Å²) in [6, 6.07) is 21.9. The predicted octanol–water partition coefficient (Wildman–Crippen LogP) is 6.12. The molecule has 0 spiro atoms. The molecule has 0 saturated carbocycles. The number of benzene rings is 4. The van der Waals surface area contributed by atoms with Crippen LogP contribution in [0, 0.1) is 0 Å². The van der Waals surface area contributed by atoms with Gasteiger partial charge in [0.2, 0.25) is 13.6 Å². The summed E-state index contributed by atoms with van der Waals surface area (Å²) < 4.78 is 30.4. The van der Waals surface area contributed by atoms with E-state index in [4.69, 9.17) is 18.9 Å². The minimum absolute atomic E-state index is 0.0557. The molecule has 12 heteroatoms. The molecule has 1 aliphatic carbocycles. The number of rotatable bonds is 12. The fourth-order valence-corrected chi connectivity index (χ4v) is 5.27. The summed E-state index contributed by atoms with van der Waals surface area (Å²) in [5, 5.41) is 0. The van der Waals surface area contributed by atoms with Gasteiger partial charge >= 0.3 is 35.8 Å². The van der Waals surface area contributed by atoms with E-state index in [-0.39, 0.29) is 33.8 Å². The fourth-order valence-electron chi connectivity index (χ4n) is 5.27. The highest BCUT2D eigenvalue weighted by atomic mass is 16.7. The Morgan fingerprint density at radius 3 is 1.27 bits per heavy atom. The van der Waals surface area contributed by atoms with Crippen LogP contribution in [0.5, 0.6) is 11.5 Å². The van der Waals surface area contributed by atoms with Crippen LogP contribution in [0.3, 0.4) is 0 Å². The predicted molar refractivity (Wildman–Crippen MR) is 180 cm³/mol. The van der Waals surface area contributed by atoms with Crippen molar-refractivity contribution < 1.29 is 57.2 Å². The lowest BCUT2D eigenvalue weighted by Gasteiger charge is -2.22. The first-order chi connectivity index (χ1) is 24.4. The van der Waals surface area contributed by atoms with Crippen molar-refractivity contribution in [2.45, 2.75) is 19.3 Å². The molecule has 51 heavy (non-hydrogen) atoms. The molecule has 0 unspecified atom stereocenters. The standard InChI is InChI=1S/C39H30O12/c1-5-33(40)46-21-48-35(42)23-9-7-11-25(17-23)37(44)50-27-13-15-29-30-16-14-28(20-32(30)39(3,4)31(29)19-27)51-38(45)26-12-8-10-24(18-26)36(43)49-22-47-34(41)6-2/h5-20H,1-2,21-22H2,3-4H3. The van der Waals surface area contributed by atoms with Crippen molar-refractivity contribution in [2.75, 3.05) is 13.6 Å². The Morgan fingerprint density at radius 2 is 0.902 bits per heavy atom. The smallest absolute Gasteiger partial charge is 0.343 e. The van der Waals surface area contributed by atoms with Crippen LogP contribution in [0.4, 0.5) is 0 Å². The van der Waals surface area contributed by atoms with E-state index in [2.05, 4.69) is 22.6 Å². The van der Waals surface area contributed by atoms with Crippen molar-refractivity contribution in [1.82, 2.24) is 0 Å². The summed E-state index contributed by atoms with van der Waals surface area (Å²) >= 11 is 0. The second-order valence-electron chi connectivity index (χ2n) is 11.4. The molecule has 0 heterocycles. The lowest BCUT2D eigenvalue weighted by Crippen LogP contribution is -2.16. The van der Waals surface area contributed by atoms with Crippen LogP contribution in [-0.4, -0.2) is 49.4 Å². The second-order valence-corrected chi connectivity index (χ2v) is 11.4. The number of ether oxygens (including phenoxy) is 6. The second kappa shape index (κ2) is 15.2. The summed E-state index contributed by atoms with van der Waals surface area (Å²) in [4.78, 5) is 73.2. The normalized spacial score (nSPS) is 11.9. The zero-order chi connectivity index (χ0) is 36.7. The number of carbonyl (C=O) groups is 6. The molecule has 0 bridgehead atoms. The number of fused-ring (bicyclic) bond motifs is 3. The van der Waals surface area contributed by atoms with Crippen LogP contribution in [0.2, 0.25) is 0 Å². The summed E-state index contributed by atoms with van der Waals surface area (Å²) in [7, 11) is 0. The van der Waals surface area contributed by atoms with Gasteiger partial charge in [-0.25, -0.2) is 28.8 Å². The average Bonchev–Trinajstić information content (AvgIpc) is 3.36. The van der Waals surface area contributed by atoms with Gasteiger partial charge in [-0.2, -0.15) is 0 Å². The molecule has 0 amide bonds. The Labute approximate surface area is 291 Å². The van der Waals surface area contributed by atoms with Crippen molar-refractivity contribution in [1.29, 1.82) is 0 Å². The maximum atomic E-state index is 13.1. The highest BCUT2D eigenvalue weighted by molar-refractivity contribution is 5.97. The van der Waals surface area contributed by atoms with E-state index in [9.17, 15) is 28.8 Å². The lowest BCUT2D eigenvalue weighted by molar-refractivity contribution is -0.147. The molecule has 258 valence electrons. The molecule has 0 atom stereocenters. The van der Waals surface area contributed by atoms with E-state index in [1.165, 1.54) is 48.5 Å². The largest absolute Gasteiger partial charge is 0.425 e. The van der Waals surface area contributed by atoms with E-state index in [1.807, 2.05) is 26.0 Å². The van der Waals surface area contributed by atoms with Crippen molar-refractivity contribution in [3.05, 3.63) is 144 Å². The Morgan fingerprint density at radius 1 is 0.529 bits per heavy atom. The lowest BCUT2D eigenvalue weighted by atomic mass is 9.82. The van der Waals surface area contributed by atoms with Crippen LogP contribution in [0.1, 0.15) is 66.4 Å². The minimum Gasteiger partial charge on any atom is -0.425 e. The molecular weight excluding hydrogens is 660 g/mol. The molecule has 0 aromatic heterocycles.